The third-order valence-corrected chi connectivity index (χ3v) is 9.47. The molecule has 6 heteroatoms. The van der Waals surface area contributed by atoms with Crippen molar-refractivity contribution in [3.63, 3.8) is 0 Å². The largest absolute Gasteiger partial charge is 0.466 e. The number of carbonyl (C=O) groups is 2. The molecule has 0 aliphatic carbocycles. The number of hydrogen-bond donors (Lipinski definition) is 0. The molecule has 0 aromatic heterocycles. The maximum Gasteiger partial charge on any atom is 0.306 e. The molecule has 0 spiro atoms. The molecule has 2 aromatic carbocycles. The molecule has 170 valence electrons. The predicted octanol–water partition coefficient (Wildman–Crippen LogP) is 5.75. The fraction of sp³-hybridized carbons (Fsp3) is 0.462. The first kappa shape index (κ1) is 23.2. The molecule has 0 bridgehead atoms. The zero-order valence-corrected chi connectivity index (χ0v) is 20.2. The van der Waals surface area contributed by atoms with Gasteiger partial charge >= 0.3 is 5.97 Å². The third kappa shape index (κ3) is 5.70. The molecule has 4 rings (SSSR count). The van der Waals surface area contributed by atoms with Crippen molar-refractivity contribution in [1.82, 2.24) is 4.90 Å². The number of likely N-dealkylation sites (tertiary alicyclic amines) is 1. The number of benzene rings is 2. The van der Waals surface area contributed by atoms with E-state index in [4.69, 9.17) is 4.74 Å². The van der Waals surface area contributed by atoms with Crippen molar-refractivity contribution in [2.75, 3.05) is 31.2 Å². The van der Waals surface area contributed by atoms with Crippen LogP contribution in [0.5, 0.6) is 0 Å². The minimum atomic E-state index is -0.140. The van der Waals surface area contributed by atoms with Crippen LogP contribution in [0.1, 0.15) is 58.2 Å². The molecule has 0 unspecified atom stereocenters. The van der Waals surface area contributed by atoms with E-state index in [2.05, 4.69) is 24.3 Å². The maximum atomic E-state index is 13.1. The number of carbonyl (C=O) groups excluding carboxylic acids is 2. The number of rotatable bonds is 7. The first-order valence-corrected chi connectivity index (χ1v) is 13.6. The second-order valence-electron chi connectivity index (χ2n) is 8.35. The van der Waals surface area contributed by atoms with E-state index in [0.717, 1.165) is 31.5 Å². The summed E-state index contributed by atoms with van der Waals surface area (Å²) in [6.07, 6.45) is 2.20. The second kappa shape index (κ2) is 11.3. The van der Waals surface area contributed by atoms with E-state index in [1.807, 2.05) is 65.7 Å². The monoisotopic (exact) mass is 469 g/mol. The van der Waals surface area contributed by atoms with Crippen LogP contribution < -0.4 is 0 Å². The number of thioether (sulfide) groups is 2. The topological polar surface area (TPSA) is 46.6 Å². The van der Waals surface area contributed by atoms with Gasteiger partial charge in [0.05, 0.1) is 17.6 Å². The molecule has 2 saturated heterocycles. The minimum absolute atomic E-state index is 0.114. The van der Waals surface area contributed by atoms with Crippen LogP contribution in [0.25, 0.3) is 0 Å². The summed E-state index contributed by atoms with van der Waals surface area (Å²) in [5.74, 6) is 2.87. The molecule has 0 saturated carbocycles. The Kier molecular flexibility index (Phi) is 8.20. The van der Waals surface area contributed by atoms with E-state index in [0.29, 0.717) is 23.5 Å². The molecule has 4 nitrogen and oxygen atoms in total. The highest BCUT2D eigenvalue weighted by atomic mass is 32.2. The fourth-order valence-electron chi connectivity index (χ4n) is 4.68. The van der Waals surface area contributed by atoms with Gasteiger partial charge in [-0.05, 0) is 54.9 Å². The summed E-state index contributed by atoms with van der Waals surface area (Å²) in [5.41, 5.74) is 3.26. The Morgan fingerprint density at radius 2 is 1.66 bits per heavy atom. The normalized spacial score (nSPS) is 18.5. The molecule has 1 atom stereocenters. The lowest BCUT2D eigenvalue weighted by atomic mass is 9.78. The Balaban J connectivity index is 1.38. The molecule has 2 fully saturated rings. The van der Waals surface area contributed by atoms with Crippen LogP contribution in [-0.4, -0.2) is 48.0 Å². The van der Waals surface area contributed by atoms with Crippen molar-refractivity contribution < 1.29 is 14.3 Å². The lowest BCUT2D eigenvalue weighted by Crippen LogP contribution is -2.40. The van der Waals surface area contributed by atoms with Crippen LogP contribution in [0.2, 0.25) is 0 Å². The van der Waals surface area contributed by atoms with Gasteiger partial charge in [-0.1, -0.05) is 42.5 Å². The van der Waals surface area contributed by atoms with Crippen molar-refractivity contribution in [2.45, 2.75) is 36.7 Å². The van der Waals surface area contributed by atoms with Crippen LogP contribution >= 0.6 is 23.5 Å². The van der Waals surface area contributed by atoms with Gasteiger partial charge in [-0.3, -0.25) is 9.59 Å². The van der Waals surface area contributed by atoms with Crippen LogP contribution in [0.4, 0.5) is 0 Å². The van der Waals surface area contributed by atoms with Gasteiger partial charge in [0.15, 0.2) is 0 Å². The zero-order valence-electron chi connectivity index (χ0n) is 18.6. The minimum Gasteiger partial charge on any atom is -0.466 e. The van der Waals surface area contributed by atoms with Crippen LogP contribution in [-0.2, 0) is 9.53 Å². The van der Waals surface area contributed by atoms with Gasteiger partial charge in [0.1, 0.15) is 0 Å². The first-order chi connectivity index (χ1) is 15.7. The Morgan fingerprint density at radius 1 is 1.00 bits per heavy atom. The number of amides is 1. The standard InChI is InChI=1S/C26H31NO3S2/c1-2-30-24(28)18-23(19-6-4-3-5-7-19)20-12-14-27(15-13-20)25(29)21-8-10-22(11-9-21)26-31-16-17-32-26/h3-11,20,23,26H,2,12-18H2,1H3/t23-/m1/s1. The molecule has 2 aliphatic heterocycles. The van der Waals surface area contributed by atoms with Crippen molar-refractivity contribution in [3.8, 4) is 0 Å². The Hall–Kier alpha value is -1.92. The Labute approximate surface area is 199 Å². The lowest BCUT2D eigenvalue weighted by molar-refractivity contribution is -0.144. The first-order valence-electron chi connectivity index (χ1n) is 11.5. The van der Waals surface area contributed by atoms with Crippen LogP contribution in [0.15, 0.2) is 54.6 Å². The van der Waals surface area contributed by atoms with E-state index < -0.39 is 0 Å². The summed E-state index contributed by atoms with van der Waals surface area (Å²) in [5, 5.41) is 0. The highest BCUT2D eigenvalue weighted by Gasteiger charge is 2.31. The lowest BCUT2D eigenvalue weighted by Gasteiger charge is -2.36. The van der Waals surface area contributed by atoms with Gasteiger partial charge in [0.2, 0.25) is 0 Å². The molecule has 2 aromatic rings. The summed E-state index contributed by atoms with van der Waals surface area (Å²) < 4.78 is 5.75. The van der Waals surface area contributed by atoms with E-state index in [1.165, 1.54) is 22.6 Å². The van der Waals surface area contributed by atoms with Crippen molar-refractivity contribution in [3.05, 3.63) is 71.3 Å². The quantitative estimate of drug-likeness (QED) is 0.483. The number of ether oxygens (including phenoxy) is 1. The van der Waals surface area contributed by atoms with Crippen molar-refractivity contribution in [1.29, 1.82) is 0 Å². The molecule has 32 heavy (non-hydrogen) atoms. The molecule has 0 radical (unpaired) electrons. The van der Waals surface area contributed by atoms with E-state index in [-0.39, 0.29) is 17.8 Å². The highest BCUT2D eigenvalue weighted by Crippen LogP contribution is 2.45. The molecule has 0 N–H and O–H groups in total. The Bertz CT molecular complexity index is 889. The number of hydrogen-bond acceptors (Lipinski definition) is 5. The average Bonchev–Trinajstić information content (AvgIpc) is 3.38. The third-order valence-electron chi connectivity index (χ3n) is 6.37. The van der Waals surface area contributed by atoms with E-state index in [1.54, 1.807) is 0 Å². The van der Waals surface area contributed by atoms with Gasteiger partial charge in [0, 0.05) is 30.2 Å². The molecular formula is C26H31NO3S2. The summed E-state index contributed by atoms with van der Waals surface area (Å²) >= 11 is 3.96. The van der Waals surface area contributed by atoms with Gasteiger partial charge < -0.3 is 9.64 Å². The predicted molar refractivity (Wildman–Crippen MR) is 133 cm³/mol. The van der Waals surface area contributed by atoms with Crippen molar-refractivity contribution >= 4 is 35.4 Å². The molecule has 2 aliphatic rings. The SMILES string of the molecule is CCOC(=O)C[C@H](c1ccccc1)C1CCN(C(=O)c2ccc(C3SCCS3)cc2)CC1. The number of nitrogens with zero attached hydrogens (tertiary/aromatic N) is 1. The number of esters is 1. The van der Waals surface area contributed by atoms with Gasteiger partial charge in [-0.15, -0.1) is 23.5 Å². The summed E-state index contributed by atoms with van der Waals surface area (Å²) in [4.78, 5) is 27.3. The van der Waals surface area contributed by atoms with Gasteiger partial charge in [0.25, 0.3) is 5.91 Å². The van der Waals surface area contributed by atoms with E-state index >= 15 is 0 Å². The summed E-state index contributed by atoms with van der Waals surface area (Å²) in [6.45, 7) is 3.71. The fourth-order valence-corrected chi connectivity index (χ4v) is 7.54. The van der Waals surface area contributed by atoms with Crippen LogP contribution in [0.3, 0.4) is 0 Å². The summed E-state index contributed by atoms with van der Waals surface area (Å²) in [7, 11) is 0. The zero-order chi connectivity index (χ0) is 22.3. The molecular weight excluding hydrogens is 438 g/mol. The highest BCUT2D eigenvalue weighted by molar-refractivity contribution is 8.19. The Morgan fingerprint density at radius 3 is 2.28 bits per heavy atom. The van der Waals surface area contributed by atoms with Crippen molar-refractivity contribution in [2.24, 2.45) is 5.92 Å². The van der Waals surface area contributed by atoms with E-state index in [9.17, 15) is 9.59 Å². The maximum absolute atomic E-state index is 13.1. The smallest absolute Gasteiger partial charge is 0.306 e. The molecule has 1 amide bonds. The number of piperidine rings is 1. The van der Waals surface area contributed by atoms with Crippen LogP contribution in [0, 0.1) is 5.92 Å². The van der Waals surface area contributed by atoms with Gasteiger partial charge in [-0.2, -0.15) is 0 Å². The summed E-state index contributed by atoms with van der Waals surface area (Å²) in [6, 6.07) is 18.4. The molecule has 2 heterocycles. The van der Waals surface area contributed by atoms with Gasteiger partial charge in [-0.25, -0.2) is 0 Å². The second-order valence-corrected chi connectivity index (χ2v) is 11.1. The average molecular weight is 470 g/mol.